The fourth-order valence-corrected chi connectivity index (χ4v) is 5.70. The van der Waals surface area contributed by atoms with Crippen molar-refractivity contribution in [2.75, 3.05) is 17.7 Å². The van der Waals surface area contributed by atoms with E-state index in [0.717, 1.165) is 42.0 Å². The van der Waals surface area contributed by atoms with Crippen LogP contribution in [0.15, 0.2) is 66.7 Å². The van der Waals surface area contributed by atoms with Crippen molar-refractivity contribution in [3.05, 3.63) is 88.3 Å². The second kappa shape index (κ2) is 9.08. The van der Waals surface area contributed by atoms with E-state index in [-0.39, 0.29) is 11.8 Å². The van der Waals surface area contributed by atoms with E-state index in [1.54, 1.807) is 7.11 Å². The average Bonchev–Trinajstić information content (AvgIpc) is 3.21. The van der Waals surface area contributed by atoms with Crippen molar-refractivity contribution in [2.24, 2.45) is 0 Å². The third-order valence-electron chi connectivity index (χ3n) is 6.01. The SMILES string of the molecule is COc1ccccc1NC(=O)c1c(NC(=O)c2cccc3ccccc23)sc2c1CCCC2. The molecule has 1 aromatic heterocycles. The summed E-state index contributed by atoms with van der Waals surface area (Å²) in [5.41, 5.74) is 2.81. The first kappa shape index (κ1) is 21.2. The van der Waals surface area contributed by atoms with Gasteiger partial charge in [0.25, 0.3) is 11.8 Å². The fourth-order valence-electron chi connectivity index (χ4n) is 4.42. The van der Waals surface area contributed by atoms with Crippen molar-refractivity contribution in [1.82, 2.24) is 0 Å². The Morgan fingerprint density at radius 1 is 0.848 bits per heavy atom. The zero-order valence-electron chi connectivity index (χ0n) is 18.3. The molecule has 166 valence electrons. The number of methoxy groups -OCH3 is 1. The van der Waals surface area contributed by atoms with Crippen LogP contribution >= 0.6 is 11.3 Å². The highest BCUT2D eigenvalue weighted by atomic mass is 32.1. The van der Waals surface area contributed by atoms with Crippen molar-refractivity contribution in [2.45, 2.75) is 25.7 Å². The molecular formula is C27H24N2O3S. The summed E-state index contributed by atoms with van der Waals surface area (Å²) in [6.07, 6.45) is 3.90. The van der Waals surface area contributed by atoms with Gasteiger partial charge >= 0.3 is 0 Å². The van der Waals surface area contributed by atoms with Crippen molar-refractivity contribution in [1.29, 1.82) is 0 Å². The second-order valence-corrected chi connectivity index (χ2v) is 9.16. The van der Waals surface area contributed by atoms with Crippen LogP contribution < -0.4 is 15.4 Å². The van der Waals surface area contributed by atoms with Crippen molar-refractivity contribution < 1.29 is 14.3 Å². The molecule has 0 atom stereocenters. The summed E-state index contributed by atoms with van der Waals surface area (Å²) >= 11 is 1.52. The summed E-state index contributed by atoms with van der Waals surface area (Å²) in [6, 6.07) is 20.8. The third kappa shape index (κ3) is 4.10. The quantitative estimate of drug-likeness (QED) is 0.371. The molecule has 0 saturated carbocycles. The first-order valence-electron chi connectivity index (χ1n) is 11.0. The number of anilines is 2. The van der Waals surface area contributed by atoms with Gasteiger partial charge in [-0.3, -0.25) is 9.59 Å². The summed E-state index contributed by atoms with van der Waals surface area (Å²) in [6.45, 7) is 0. The minimum absolute atomic E-state index is 0.211. The van der Waals surface area contributed by atoms with E-state index in [1.165, 1.54) is 16.2 Å². The number of ether oxygens (including phenoxy) is 1. The van der Waals surface area contributed by atoms with Gasteiger partial charge in [0.15, 0.2) is 0 Å². The summed E-state index contributed by atoms with van der Waals surface area (Å²) in [4.78, 5) is 28.0. The Kier molecular flexibility index (Phi) is 5.84. The molecule has 5 nitrogen and oxygen atoms in total. The number of fused-ring (bicyclic) bond motifs is 2. The van der Waals surface area contributed by atoms with Crippen LogP contribution in [0.3, 0.4) is 0 Å². The highest BCUT2D eigenvalue weighted by molar-refractivity contribution is 7.17. The number of thiophene rings is 1. The molecule has 33 heavy (non-hydrogen) atoms. The van der Waals surface area contributed by atoms with Crippen LogP contribution in [0.2, 0.25) is 0 Å². The third-order valence-corrected chi connectivity index (χ3v) is 7.22. The number of hydrogen-bond acceptors (Lipinski definition) is 4. The molecule has 0 radical (unpaired) electrons. The van der Waals surface area contributed by atoms with Crippen LogP contribution in [0.4, 0.5) is 10.7 Å². The first-order chi connectivity index (χ1) is 16.2. The monoisotopic (exact) mass is 456 g/mol. The topological polar surface area (TPSA) is 67.4 Å². The van der Waals surface area contributed by atoms with E-state index < -0.39 is 0 Å². The normalized spacial score (nSPS) is 12.8. The number of benzene rings is 3. The molecule has 1 aliphatic carbocycles. The van der Waals surface area contributed by atoms with Crippen LogP contribution in [-0.4, -0.2) is 18.9 Å². The molecule has 2 N–H and O–H groups in total. The molecule has 3 aromatic carbocycles. The Balaban J connectivity index is 1.51. The Hall–Kier alpha value is -3.64. The average molecular weight is 457 g/mol. The van der Waals surface area contributed by atoms with Crippen molar-refractivity contribution in [3.63, 3.8) is 0 Å². The molecule has 0 aliphatic heterocycles. The van der Waals surface area contributed by atoms with E-state index in [0.29, 0.717) is 27.6 Å². The van der Waals surface area contributed by atoms with Crippen LogP contribution in [-0.2, 0) is 12.8 Å². The van der Waals surface area contributed by atoms with Gasteiger partial charge in [-0.15, -0.1) is 11.3 Å². The van der Waals surface area contributed by atoms with Gasteiger partial charge in [-0.2, -0.15) is 0 Å². The number of hydrogen-bond donors (Lipinski definition) is 2. The lowest BCUT2D eigenvalue weighted by Gasteiger charge is -2.14. The van der Waals surface area contributed by atoms with Gasteiger partial charge in [-0.05, 0) is 60.2 Å². The molecule has 1 aliphatic rings. The standard InChI is InChI=1S/C27H24N2O3S/c1-32-22-15-6-5-14-21(22)28-26(31)24-20-12-4-7-16-23(20)33-27(24)29-25(30)19-13-8-10-17-9-2-3-11-18(17)19/h2-3,5-6,8-11,13-15H,4,7,12,16H2,1H3,(H,28,31)(H,29,30). The molecule has 5 rings (SSSR count). The number of amides is 2. The van der Waals surface area contributed by atoms with Gasteiger partial charge in [0.05, 0.1) is 18.4 Å². The number of nitrogens with one attached hydrogen (secondary N) is 2. The lowest BCUT2D eigenvalue weighted by atomic mass is 9.95. The molecule has 0 saturated heterocycles. The van der Waals surface area contributed by atoms with Gasteiger partial charge in [-0.1, -0.05) is 48.5 Å². The molecule has 0 unspecified atom stereocenters. The Bertz CT molecular complexity index is 1350. The fraction of sp³-hybridized carbons (Fsp3) is 0.185. The van der Waals surface area contributed by atoms with E-state index in [4.69, 9.17) is 4.74 Å². The summed E-state index contributed by atoms with van der Waals surface area (Å²) in [5, 5.41) is 8.54. The summed E-state index contributed by atoms with van der Waals surface area (Å²) < 4.78 is 5.39. The minimum atomic E-state index is -0.230. The highest BCUT2D eigenvalue weighted by Crippen LogP contribution is 2.39. The van der Waals surface area contributed by atoms with E-state index in [1.807, 2.05) is 66.7 Å². The maximum atomic E-state index is 13.5. The van der Waals surface area contributed by atoms with Gasteiger partial charge in [0.2, 0.25) is 0 Å². The van der Waals surface area contributed by atoms with Gasteiger partial charge in [0, 0.05) is 10.4 Å². The Morgan fingerprint density at radius 3 is 2.48 bits per heavy atom. The van der Waals surface area contributed by atoms with Crippen LogP contribution in [0, 0.1) is 0 Å². The predicted molar refractivity (Wildman–Crippen MR) is 134 cm³/mol. The number of para-hydroxylation sites is 2. The van der Waals surface area contributed by atoms with E-state index in [2.05, 4.69) is 10.6 Å². The van der Waals surface area contributed by atoms with Crippen molar-refractivity contribution in [3.8, 4) is 5.75 Å². The lowest BCUT2D eigenvalue weighted by Crippen LogP contribution is -2.19. The summed E-state index contributed by atoms with van der Waals surface area (Å²) in [5.74, 6) is 0.153. The number of rotatable bonds is 5. The van der Waals surface area contributed by atoms with Gasteiger partial charge in [-0.25, -0.2) is 0 Å². The molecule has 0 fully saturated rings. The van der Waals surface area contributed by atoms with Crippen LogP contribution in [0.25, 0.3) is 10.8 Å². The molecule has 0 bridgehead atoms. The Morgan fingerprint density at radius 2 is 1.61 bits per heavy atom. The first-order valence-corrected chi connectivity index (χ1v) is 11.9. The second-order valence-electron chi connectivity index (χ2n) is 8.05. The van der Waals surface area contributed by atoms with Crippen molar-refractivity contribution >= 4 is 44.6 Å². The zero-order chi connectivity index (χ0) is 22.8. The van der Waals surface area contributed by atoms with Gasteiger partial charge in [0.1, 0.15) is 10.8 Å². The zero-order valence-corrected chi connectivity index (χ0v) is 19.1. The van der Waals surface area contributed by atoms with Crippen LogP contribution in [0.1, 0.15) is 44.0 Å². The number of aryl methyl sites for hydroxylation is 1. The summed E-state index contributed by atoms with van der Waals surface area (Å²) in [7, 11) is 1.58. The predicted octanol–water partition coefficient (Wildman–Crippen LogP) is 6.29. The smallest absolute Gasteiger partial charge is 0.259 e. The highest BCUT2D eigenvalue weighted by Gasteiger charge is 2.27. The van der Waals surface area contributed by atoms with Gasteiger partial charge < -0.3 is 15.4 Å². The number of carbonyl (C=O) groups excluding carboxylic acids is 2. The molecule has 1 heterocycles. The number of carbonyl (C=O) groups is 2. The molecule has 4 aromatic rings. The largest absolute Gasteiger partial charge is 0.495 e. The lowest BCUT2D eigenvalue weighted by molar-refractivity contribution is 0.102. The van der Waals surface area contributed by atoms with E-state index in [9.17, 15) is 9.59 Å². The molecule has 6 heteroatoms. The molecule has 2 amide bonds. The van der Waals surface area contributed by atoms with E-state index >= 15 is 0 Å². The maximum Gasteiger partial charge on any atom is 0.259 e. The Labute approximate surface area is 196 Å². The van der Waals surface area contributed by atoms with Crippen LogP contribution in [0.5, 0.6) is 5.75 Å². The molecular weight excluding hydrogens is 432 g/mol. The maximum absolute atomic E-state index is 13.5. The molecule has 0 spiro atoms. The minimum Gasteiger partial charge on any atom is -0.495 e.